The average molecular weight is 366 g/mol. The van der Waals surface area contributed by atoms with E-state index in [0.29, 0.717) is 18.0 Å². The molecule has 1 aromatic heterocycles. The molecule has 9 nitrogen and oxygen atoms in total. The lowest BCUT2D eigenvalue weighted by atomic mass is 9.78. The molecule has 1 saturated heterocycles. The molecule has 1 aliphatic carbocycles. The first kappa shape index (κ1) is 17.8. The van der Waals surface area contributed by atoms with Crippen LogP contribution in [0.2, 0.25) is 0 Å². The second kappa shape index (κ2) is 7.11. The minimum atomic E-state index is -0.881. The van der Waals surface area contributed by atoms with Crippen molar-refractivity contribution in [2.45, 2.75) is 62.7 Å². The van der Waals surface area contributed by atoms with Crippen molar-refractivity contribution >= 4 is 29.5 Å². The summed E-state index contributed by atoms with van der Waals surface area (Å²) in [5.74, 6) is -0.899. The highest BCUT2D eigenvalue weighted by atomic mass is 32.2. The van der Waals surface area contributed by atoms with Gasteiger partial charge in [0.25, 0.3) is 5.91 Å². The lowest BCUT2D eigenvalue weighted by Crippen LogP contribution is -2.69. The molecule has 1 spiro atoms. The van der Waals surface area contributed by atoms with Crippen molar-refractivity contribution in [3.05, 3.63) is 0 Å². The first-order chi connectivity index (χ1) is 11.9. The van der Waals surface area contributed by atoms with Crippen LogP contribution < -0.4 is 5.32 Å². The highest BCUT2D eigenvalue weighted by Gasteiger charge is 2.50. The van der Waals surface area contributed by atoms with Crippen molar-refractivity contribution in [3.63, 3.8) is 0 Å². The van der Waals surface area contributed by atoms with Crippen molar-refractivity contribution in [2.24, 2.45) is 0 Å². The van der Waals surface area contributed by atoms with Crippen LogP contribution in [-0.4, -0.2) is 60.7 Å². The number of carbonyl (C=O) groups excluding carboxylic acids is 3. The van der Waals surface area contributed by atoms with Crippen LogP contribution in [0.3, 0.4) is 0 Å². The van der Waals surface area contributed by atoms with Gasteiger partial charge in [-0.2, -0.15) is 0 Å². The summed E-state index contributed by atoms with van der Waals surface area (Å²) in [6.07, 6.45) is 4.01. The summed E-state index contributed by atoms with van der Waals surface area (Å²) in [6, 6.07) is 0.0830. The summed E-state index contributed by atoms with van der Waals surface area (Å²) in [6.45, 7) is 3.83. The molecule has 25 heavy (non-hydrogen) atoms. The zero-order valence-corrected chi connectivity index (χ0v) is 15.2. The molecule has 1 aromatic rings. The minimum Gasteiger partial charge on any atom is -0.318 e. The summed E-state index contributed by atoms with van der Waals surface area (Å²) in [4.78, 5) is 38.6. The summed E-state index contributed by atoms with van der Waals surface area (Å²) in [7, 11) is 0. The predicted molar refractivity (Wildman–Crippen MR) is 89.6 cm³/mol. The molecule has 2 aliphatic rings. The Kier molecular flexibility index (Phi) is 5.07. The minimum absolute atomic E-state index is 0.0692. The van der Waals surface area contributed by atoms with Gasteiger partial charge in [-0.25, -0.2) is 4.68 Å². The molecule has 2 fully saturated rings. The number of imide groups is 1. The largest absolute Gasteiger partial charge is 0.318 e. The first-order valence-corrected chi connectivity index (χ1v) is 9.48. The fourth-order valence-electron chi connectivity index (χ4n) is 3.47. The molecule has 1 saturated carbocycles. The Morgan fingerprint density at radius 1 is 1.28 bits per heavy atom. The quantitative estimate of drug-likeness (QED) is 0.611. The number of piperazine rings is 1. The summed E-state index contributed by atoms with van der Waals surface area (Å²) in [5, 5.41) is 14.4. The molecule has 2 heterocycles. The van der Waals surface area contributed by atoms with Crippen LogP contribution in [0.1, 0.15) is 52.0 Å². The van der Waals surface area contributed by atoms with E-state index < -0.39 is 11.4 Å². The van der Waals surface area contributed by atoms with E-state index in [4.69, 9.17) is 0 Å². The lowest BCUT2D eigenvalue weighted by Gasteiger charge is -2.47. The average Bonchev–Trinajstić information content (AvgIpc) is 3.06. The number of hydrogen-bond acceptors (Lipinski definition) is 7. The van der Waals surface area contributed by atoms with Crippen LogP contribution >= 0.6 is 11.8 Å². The van der Waals surface area contributed by atoms with Crippen molar-refractivity contribution in [1.82, 2.24) is 30.4 Å². The highest BCUT2D eigenvalue weighted by Crippen LogP contribution is 2.36. The predicted octanol–water partition coefficient (Wildman–Crippen LogP) is 0.534. The van der Waals surface area contributed by atoms with Crippen molar-refractivity contribution in [3.8, 4) is 0 Å². The molecular weight excluding hydrogens is 344 g/mol. The highest BCUT2D eigenvalue weighted by molar-refractivity contribution is 7.99. The molecule has 0 radical (unpaired) electrons. The van der Waals surface area contributed by atoms with Gasteiger partial charge in [0.2, 0.25) is 17.0 Å². The Morgan fingerprint density at radius 3 is 2.68 bits per heavy atom. The number of nitrogens with one attached hydrogen (secondary N) is 1. The second-order valence-electron chi connectivity index (χ2n) is 6.74. The Hall–Kier alpha value is -1.97. The van der Waals surface area contributed by atoms with E-state index in [9.17, 15) is 14.4 Å². The monoisotopic (exact) mass is 366 g/mol. The molecule has 1 N–H and O–H groups in total. The second-order valence-corrected chi connectivity index (χ2v) is 7.68. The molecule has 136 valence electrons. The number of tetrazole rings is 1. The van der Waals surface area contributed by atoms with Gasteiger partial charge in [-0.05, 0) is 37.1 Å². The lowest BCUT2D eigenvalue weighted by molar-refractivity contribution is -0.158. The smallest absolute Gasteiger partial charge is 0.252 e. The van der Waals surface area contributed by atoms with E-state index in [1.54, 1.807) is 4.68 Å². The normalized spacial score (nSPS) is 20.2. The van der Waals surface area contributed by atoms with Crippen LogP contribution in [0, 0.1) is 0 Å². The molecule has 0 aromatic carbocycles. The maximum atomic E-state index is 12.8. The molecule has 0 atom stereocenters. The number of rotatable bonds is 4. The number of carbonyl (C=O) groups is 3. The van der Waals surface area contributed by atoms with Gasteiger partial charge in [0, 0.05) is 0 Å². The zero-order chi connectivity index (χ0) is 18.0. The van der Waals surface area contributed by atoms with Crippen LogP contribution in [0.15, 0.2) is 5.16 Å². The fourth-order valence-corrected chi connectivity index (χ4v) is 4.35. The van der Waals surface area contributed by atoms with Crippen molar-refractivity contribution in [1.29, 1.82) is 0 Å². The van der Waals surface area contributed by atoms with Gasteiger partial charge in [-0.15, -0.1) is 5.10 Å². The maximum Gasteiger partial charge on any atom is 0.252 e. The SMILES string of the molecule is CC(C)n1nnnc1SCC(=O)N1CC(=O)NC(=O)C12CCCCC2. The van der Waals surface area contributed by atoms with Gasteiger partial charge in [-0.1, -0.05) is 31.0 Å². The maximum absolute atomic E-state index is 12.8. The summed E-state index contributed by atoms with van der Waals surface area (Å²) < 4.78 is 1.64. The molecule has 10 heteroatoms. The summed E-state index contributed by atoms with van der Waals surface area (Å²) >= 11 is 1.23. The number of hydrogen-bond donors (Lipinski definition) is 1. The van der Waals surface area contributed by atoms with E-state index in [2.05, 4.69) is 20.8 Å². The van der Waals surface area contributed by atoms with Gasteiger partial charge in [0.1, 0.15) is 12.1 Å². The fraction of sp³-hybridized carbons (Fsp3) is 0.733. The Labute approximate surface area is 149 Å². The van der Waals surface area contributed by atoms with Gasteiger partial charge < -0.3 is 4.90 Å². The third kappa shape index (κ3) is 3.39. The van der Waals surface area contributed by atoms with Crippen LogP contribution in [0.25, 0.3) is 0 Å². The standard InChI is InChI=1S/C15H22N6O3S/c1-10(2)21-14(17-18-19-21)25-9-12(23)20-8-11(22)16-13(24)15(20)6-4-3-5-7-15/h10H,3-9H2,1-2H3,(H,16,22,24). The van der Waals surface area contributed by atoms with Gasteiger partial charge >= 0.3 is 0 Å². The Bertz CT molecular complexity index is 683. The molecule has 0 unspecified atom stereocenters. The topological polar surface area (TPSA) is 110 Å². The van der Waals surface area contributed by atoms with E-state index in [-0.39, 0.29) is 30.2 Å². The van der Waals surface area contributed by atoms with E-state index in [0.717, 1.165) is 19.3 Å². The number of amides is 3. The number of thioether (sulfide) groups is 1. The van der Waals surface area contributed by atoms with Crippen molar-refractivity contribution in [2.75, 3.05) is 12.3 Å². The number of aromatic nitrogens is 4. The first-order valence-electron chi connectivity index (χ1n) is 8.49. The molecule has 1 aliphatic heterocycles. The zero-order valence-electron chi connectivity index (χ0n) is 14.4. The molecule has 0 bridgehead atoms. The third-order valence-electron chi connectivity index (χ3n) is 4.75. The Morgan fingerprint density at radius 2 is 2.00 bits per heavy atom. The molecular formula is C15H22N6O3S. The van der Waals surface area contributed by atoms with E-state index in [1.807, 2.05) is 13.8 Å². The van der Waals surface area contributed by atoms with Crippen LogP contribution in [0.5, 0.6) is 0 Å². The number of nitrogens with zero attached hydrogens (tertiary/aromatic N) is 5. The third-order valence-corrected chi connectivity index (χ3v) is 5.67. The van der Waals surface area contributed by atoms with Crippen LogP contribution in [0.4, 0.5) is 0 Å². The molecule has 3 amide bonds. The van der Waals surface area contributed by atoms with Crippen molar-refractivity contribution < 1.29 is 14.4 Å². The van der Waals surface area contributed by atoms with Gasteiger partial charge in [-0.3, -0.25) is 19.7 Å². The molecule has 3 rings (SSSR count). The van der Waals surface area contributed by atoms with E-state index >= 15 is 0 Å². The van der Waals surface area contributed by atoms with Gasteiger partial charge in [0.15, 0.2) is 0 Å². The van der Waals surface area contributed by atoms with Crippen LogP contribution in [-0.2, 0) is 14.4 Å². The summed E-state index contributed by atoms with van der Waals surface area (Å²) in [5.41, 5.74) is -0.881. The Balaban J connectivity index is 1.75. The van der Waals surface area contributed by atoms with Gasteiger partial charge in [0.05, 0.1) is 11.8 Å². The van der Waals surface area contributed by atoms with E-state index in [1.165, 1.54) is 16.7 Å².